The summed E-state index contributed by atoms with van der Waals surface area (Å²) in [4.78, 5) is 14.0. The van der Waals surface area contributed by atoms with E-state index in [1.807, 2.05) is 0 Å². The zero-order valence-electron chi connectivity index (χ0n) is 12.1. The number of likely N-dealkylation sites (tertiary alicyclic amines) is 1. The summed E-state index contributed by atoms with van der Waals surface area (Å²) in [5, 5.41) is 0. The van der Waals surface area contributed by atoms with E-state index >= 15 is 0 Å². The maximum absolute atomic E-state index is 11.7. The Balaban J connectivity index is 1.96. The molecule has 2 N–H and O–H groups in total. The van der Waals surface area contributed by atoms with Gasteiger partial charge in [0.25, 0.3) is 0 Å². The third-order valence-corrected chi connectivity index (χ3v) is 3.79. The Kier molecular flexibility index (Phi) is 4.84. The van der Waals surface area contributed by atoms with Crippen molar-refractivity contribution in [2.75, 3.05) is 33.0 Å². The smallest absolute Gasteiger partial charge is 0.341 e. The Morgan fingerprint density at radius 1 is 1.50 bits per heavy atom. The minimum Gasteiger partial charge on any atom is -0.493 e. The second kappa shape index (κ2) is 6.61. The molecule has 1 atom stereocenters. The molecule has 1 aliphatic heterocycles. The van der Waals surface area contributed by atoms with Crippen LogP contribution in [0.2, 0.25) is 0 Å². The van der Waals surface area contributed by atoms with E-state index in [2.05, 4.69) is 11.9 Å². The van der Waals surface area contributed by atoms with Crippen LogP contribution >= 0.6 is 0 Å². The molecule has 1 fully saturated rings. The number of hydrogen-bond donors (Lipinski definition) is 1. The summed E-state index contributed by atoms with van der Waals surface area (Å²) in [5.74, 6) is 0.108. The van der Waals surface area contributed by atoms with Crippen molar-refractivity contribution >= 4 is 11.7 Å². The SMILES string of the molecule is COC(=O)c1cc(N)ccc1OCCC1CCCN1C. The molecule has 5 nitrogen and oxygen atoms in total. The molecular weight excluding hydrogens is 256 g/mol. The Labute approximate surface area is 119 Å². The van der Waals surface area contributed by atoms with E-state index in [0.29, 0.717) is 29.6 Å². The molecule has 0 spiro atoms. The Bertz CT molecular complexity index is 476. The lowest BCUT2D eigenvalue weighted by Gasteiger charge is -2.19. The van der Waals surface area contributed by atoms with E-state index in [1.165, 1.54) is 20.0 Å². The normalized spacial score (nSPS) is 19.0. The summed E-state index contributed by atoms with van der Waals surface area (Å²) in [7, 11) is 3.49. The molecule has 1 saturated heterocycles. The third-order valence-electron chi connectivity index (χ3n) is 3.79. The number of rotatable bonds is 5. The lowest BCUT2D eigenvalue weighted by Crippen LogP contribution is -2.26. The van der Waals surface area contributed by atoms with Gasteiger partial charge in [0, 0.05) is 11.7 Å². The topological polar surface area (TPSA) is 64.8 Å². The summed E-state index contributed by atoms with van der Waals surface area (Å²) in [6.45, 7) is 1.74. The number of anilines is 1. The molecule has 20 heavy (non-hydrogen) atoms. The lowest BCUT2D eigenvalue weighted by atomic mass is 10.1. The van der Waals surface area contributed by atoms with Crippen LogP contribution in [-0.2, 0) is 4.74 Å². The highest BCUT2D eigenvalue weighted by Crippen LogP contribution is 2.24. The number of esters is 1. The maximum atomic E-state index is 11.7. The van der Waals surface area contributed by atoms with Gasteiger partial charge in [-0.2, -0.15) is 0 Å². The summed E-state index contributed by atoms with van der Waals surface area (Å²) < 4.78 is 10.5. The largest absolute Gasteiger partial charge is 0.493 e. The zero-order chi connectivity index (χ0) is 14.5. The number of carbonyl (C=O) groups excluding carboxylic acids is 1. The average Bonchev–Trinajstić information content (AvgIpc) is 2.85. The van der Waals surface area contributed by atoms with Gasteiger partial charge in [0.15, 0.2) is 0 Å². The number of hydrogen-bond acceptors (Lipinski definition) is 5. The van der Waals surface area contributed by atoms with Crippen molar-refractivity contribution in [3.05, 3.63) is 23.8 Å². The quantitative estimate of drug-likeness (QED) is 0.658. The van der Waals surface area contributed by atoms with Gasteiger partial charge in [-0.05, 0) is 51.1 Å². The first kappa shape index (κ1) is 14.7. The fourth-order valence-corrected chi connectivity index (χ4v) is 2.59. The summed E-state index contributed by atoms with van der Waals surface area (Å²) in [5.41, 5.74) is 6.60. The van der Waals surface area contributed by atoms with Crippen LogP contribution in [0.4, 0.5) is 5.69 Å². The molecule has 2 rings (SSSR count). The monoisotopic (exact) mass is 278 g/mol. The molecule has 1 aliphatic rings. The first-order chi connectivity index (χ1) is 9.61. The van der Waals surface area contributed by atoms with Crippen LogP contribution in [0.15, 0.2) is 18.2 Å². The van der Waals surface area contributed by atoms with Crippen LogP contribution in [-0.4, -0.2) is 44.2 Å². The van der Waals surface area contributed by atoms with E-state index in [9.17, 15) is 4.79 Å². The summed E-state index contributed by atoms with van der Waals surface area (Å²) >= 11 is 0. The van der Waals surface area contributed by atoms with Gasteiger partial charge in [-0.3, -0.25) is 0 Å². The molecule has 110 valence electrons. The fraction of sp³-hybridized carbons (Fsp3) is 0.533. The molecule has 5 heteroatoms. The number of methoxy groups -OCH3 is 1. The number of nitrogens with two attached hydrogens (primary N) is 1. The van der Waals surface area contributed by atoms with Crippen LogP contribution in [0.1, 0.15) is 29.6 Å². The molecule has 0 bridgehead atoms. The molecule has 1 aromatic rings. The molecule has 0 saturated carbocycles. The highest BCUT2D eigenvalue weighted by molar-refractivity contribution is 5.93. The predicted octanol–water partition coefficient (Wildman–Crippen LogP) is 1.92. The van der Waals surface area contributed by atoms with Crippen molar-refractivity contribution in [1.82, 2.24) is 4.90 Å². The van der Waals surface area contributed by atoms with Gasteiger partial charge in [-0.15, -0.1) is 0 Å². The first-order valence-electron chi connectivity index (χ1n) is 6.92. The second-order valence-corrected chi connectivity index (χ2v) is 5.16. The van der Waals surface area contributed by atoms with Crippen LogP contribution in [0, 0.1) is 0 Å². The number of nitrogens with zero attached hydrogens (tertiary/aromatic N) is 1. The van der Waals surface area contributed by atoms with E-state index in [4.69, 9.17) is 15.2 Å². The zero-order valence-corrected chi connectivity index (χ0v) is 12.1. The van der Waals surface area contributed by atoms with Crippen LogP contribution in [0.25, 0.3) is 0 Å². The minimum atomic E-state index is -0.426. The van der Waals surface area contributed by atoms with Crippen molar-refractivity contribution in [2.24, 2.45) is 0 Å². The van der Waals surface area contributed by atoms with Crippen molar-refractivity contribution in [1.29, 1.82) is 0 Å². The van der Waals surface area contributed by atoms with Crippen molar-refractivity contribution in [3.63, 3.8) is 0 Å². The third kappa shape index (κ3) is 3.42. The molecule has 1 heterocycles. The van der Waals surface area contributed by atoms with Crippen molar-refractivity contribution < 1.29 is 14.3 Å². The van der Waals surface area contributed by atoms with E-state index in [0.717, 1.165) is 13.0 Å². The van der Waals surface area contributed by atoms with Gasteiger partial charge >= 0.3 is 5.97 Å². The van der Waals surface area contributed by atoms with E-state index in [-0.39, 0.29) is 0 Å². The number of ether oxygens (including phenoxy) is 2. The summed E-state index contributed by atoms with van der Waals surface area (Å²) in [6.07, 6.45) is 3.42. The summed E-state index contributed by atoms with van der Waals surface area (Å²) in [6, 6.07) is 5.61. The molecule has 1 unspecified atom stereocenters. The fourth-order valence-electron chi connectivity index (χ4n) is 2.59. The Hall–Kier alpha value is -1.75. The van der Waals surface area contributed by atoms with Crippen molar-refractivity contribution in [2.45, 2.75) is 25.3 Å². The van der Waals surface area contributed by atoms with Gasteiger partial charge in [0.1, 0.15) is 11.3 Å². The van der Waals surface area contributed by atoms with Gasteiger partial charge < -0.3 is 20.1 Å². The van der Waals surface area contributed by atoms with Gasteiger partial charge in [0.2, 0.25) is 0 Å². The average molecular weight is 278 g/mol. The lowest BCUT2D eigenvalue weighted by molar-refractivity contribution is 0.0595. The second-order valence-electron chi connectivity index (χ2n) is 5.16. The van der Waals surface area contributed by atoms with E-state index < -0.39 is 5.97 Å². The number of carbonyl (C=O) groups is 1. The van der Waals surface area contributed by atoms with Gasteiger partial charge in [-0.25, -0.2) is 4.79 Å². The van der Waals surface area contributed by atoms with Crippen LogP contribution < -0.4 is 10.5 Å². The Morgan fingerprint density at radius 2 is 2.30 bits per heavy atom. The van der Waals surface area contributed by atoms with Crippen LogP contribution in [0.3, 0.4) is 0 Å². The maximum Gasteiger partial charge on any atom is 0.341 e. The predicted molar refractivity (Wildman–Crippen MR) is 78.0 cm³/mol. The Morgan fingerprint density at radius 3 is 2.95 bits per heavy atom. The standard InChI is InChI=1S/C15H22N2O3/c1-17-8-3-4-12(17)7-9-20-14-6-5-11(16)10-13(14)15(18)19-2/h5-6,10,12H,3-4,7-9,16H2,1-2H3. The van der Waals surface area contributed by atoms with Gasteiger partial charge in [0.05, 0.1) is 13.7 Å². The number of nitrogen functional groups attached to an aromatic ring is 1. The minimum absolute atomic E-state index is 0.382. The molecule has 0 amide bonds. The highest BCUT2D eigenvalue weighted by atomic mass is 16.5. The number of benzene rings is 1. The molecule has 0 aliphatic carbocycles. The first-order valence-corrected chi connectivity index (χ1v) is 6.92. The van der Waals surface area contributed by atoms with Crippen molar-refractivity contribution in [3.8, 4) is 5.75 Å². The van der Waals surface area contributed by atoms with Crippen LogP contribution in [0.5, 0.6) is 5.75 Å². The molecule has 0 radical (unpaired) electrons. The highest BCUT2D eigenvalue weighted by Gasteiger charge is 2.21. The molecule has 0 aromatic heterocycles. The molecule has 1 aromatic carbocycles. The molecular formula is C15H22N2O3. The van der Waals surface area contributed by atoms with Gasteiger partial charge in [-0.1, -0.05) is 0 Å². The van der Waals surface area contributed by atoms with E-state index in [1.54, 1.807) is 18.2 Å².